The second-order valence-corrected chi connectivity index (χ2v) is 7.06. The number of rotatable bonds is 9. The smallest absolute Gasteiger partial charge is 0.379 e. The molecule has 6 nitrogen and oxygen atoms in total. The molecule has 1 aliphatic rings. The topological polar surface area (TPSA) is 58.1 Å². The average Bonchev–Trinajstić information content (AvgIpc) is 3.17. The van der Waals surface area contributed by atoms with Gasteiger partial charge in [0.15, 0.2) is 5.96 Å². The highest BCUT2D eigenvalue weighted by atomic mass is 127. The molecule has 0 aromatic carbocycles. The number of hydrogen-bond acceptors (Lipinski definition) is 5. The lowest BCUT2D eigenvalue weighted by Crippen LogP contribution is -2.46. The molecule has 0 saturated carbocycles. The fourth-order valence-corrected chi connectivity index (χ4v) is 3.62. The molecule has 2 N–H and O–H groups in total. The van der Waals surface area contributed by atoms with Gasteiger partial charge in [-0.05, 0) is 17.9 Å². The molecule has 1 saturated heterocycles. The molecule has 0 aliphatic carbocycles. The fraction of sp³-hybridized carbons (Fsp3) is 0.706. The first kappa shape index (κ1) is 25.4. The Morgan fingerprint density at radius 2 is 2.11 bits per heavy atom. The van der Waals surface area contributed by atoms with Crippen LogP contribution in [0.5, 0.6) is 0 Å². The van der Waals surface area contributed by atoms with Gasteiger partial charge in [0, 0.05) is 44.7 Å². The Morgan fingerprint density at radius 1 is 1.36 bits per heavy atom. The Labute approximate surface area is 184 Å². The summed E-state index contributed by atoms with van der Waals surface area (Å²) in [6.07, 6.45) is -3.81. The lowest BCUT2D eigenvalue weighted by atomic mass is 10.2. The number of nitrogens with zero attached hydrogens (tertiary/aromatic N) is 2. The Balaban J connectivity index is 0.00000392. The molecule has 1 unspecified atom stereocenters. The highest BCUT2D eigenvalue weighted by Crippen LogP contribution is 2.25. The van der Waals surface area contributed by atoms with Crippen LogP contribution in [0.3, 0.4) is 0 Å². The van der Waals surface area contributed by atoms with Crippen LogP contribution in [-0.2, 0) is 9.47 Å². The number of ether oxygens (including phenoxy) is 2. The molecular formula is C17H28F3IN4O2S. The van der Waals surface area contributed by atoms with E-state index in [0.29, 0.717) is 25.5 Å². The summed E-state index contributed by atoms with van der Waals surface area (Å²) in [5.74, 6) is 0.626. The van der Waals surface area contributed by atoms with Crippen molar-refractivity contribution in [2.75, 3.05) is 59.7 Å². The van der Waals surface area contributed by atoms with Gasteiger partial charge in [0.1, 0.15) is 6.61 Å². The summed E-state index contributed by atoms with van der Waals surface area (Å²) in [6, 6.07) is 4.39. The normalized spacial score (nSPS) is 17.1. The second kappa shape index (κ2) is 13.6. The van der Waals surface area contributed by atoms with Crippen molar-refractivity contribution in [3.05, 3.63) is 22.4 Å². The van der Waals surface area contributed by atoms with Gasteiger partial charge in [0.2, 0.25) is 0 Å². The molecule has 0 spiro atoms. The van der Waals surface area contributed by atoms with Gasteiger partial charge in [-0.15, -0.1) is 35.3 Å². The molecule has 1 aromatic heterocycles. The number of aliphatic imine (C=N–C) groups is 1. The number of morpholine rings is 1. The molecule has 2 heterocycles. The lowest BCUT2D eigenvalue weighted by Gasteiger charge is -2.34. The number of thiophene rings is 1. The van der Waals surface area contributed by atoms with Gasteiger partial charge < -0.3 is 20.1 Å². The van der Waals surface area contributed by atoms with E-state index in [1.54, 1.807) is 18.4 Å². The number of alkyl halides is 3. The SMILES string of the molecule is CN=C(NCCCOCC(F)(F)F)NCC(c1cccs1)N1CCOCC1.I. The van der Waals surface area contributed by atoms with Crippen molar-refractivity contribution in [2.24, 2.45) is 4.99 Å². The summed E-state index contributed by atoms with van der Waals surface area (Å²) in [6.45, 7) is 3.24. The maximum Gasteiger partial charge on any atom is 0.411 e. The summed E-state index contributed by atoms with van der Waals surface area (Å²) in [4.78, 5) is 7.84. The van der Waals surface area contributed by atoms with E-state index < -0.39 is 12.8 Å². The molecule has 28 heavy (non-hydrogen) atoms. The standard InChI is InChI=1S/C17H27F3N4O2S.HI/c1-21-16(22-5-3-8-26-13-17(18,19)20)23-12-14(15-4-2-11-27-15)24-6-9-25-10-7-24;/h2,4,11,14H,3,5-10,12-13H2,1H3,(H2,21,22,23);1H. The van der Waals surface area contributed by atoms with Gasteiger partial charge in [-0.25, -0.2) is 0 Å². The quantitative estimate of drug-likeness (QED) is 0.220. The van der Waals surface area contributed by atoms with E-state index in [-0.39, 0.29) is 36.6 Å². The number of nitrogens with one attached hydrogen (secondary N) is 2. The third-order valence-electron chi connectivity index (χ3n) is 4.07. The maximum absolute atomic E-state index is 12.0. The Kier molecular flexibility index (Phi) is 12.3. The first-order chi connectivity index (χ1) is 13.0. The van der Waals surface area contributed by atoms with Crippen LogP contribution in [0.25, 0.3) is 0 Å². The predicted octanol–water partition coefficient (Wildman–Crippen LogP) is 2.87. The van der Waals surface area contributed by atoms with Crippen LogP contribution in [-0.4, -0.2) is 76.7 Å². The molecular weight excluding hydrogens is 508 g/mol. The zero-order valence-electron chi connectivity index (χ0n) is 15.8. The van der Waals surface area contributed by atoms with Crippen molar-refractivity contribution in [2.45, 2.75) is 18.6 Å². The van der Waals surface area contributed by atoms with E-state index >= 15 is 0 Å². The minimum absolute atomic E-state index is 0. The summed E-state index contributed by atoms with van der Waals surface area (Å²) < 4.78 is 46.1. The lowest BCUT2D eigenvalue weighted by molar-refractivity contribution is -0.173. The van der Waals surface area contributed by atoms with Crippen molar-refractivity contribution in [1.29, 1.82) is 0 Å². The summed E-state index contributed by atoms with van der Waals surface area (Å²) in [5.41, 5.74) is 0. The molecule has 11 heteroatoms. The Morgan fingerprint density at radius 3 is 2.71 bits per heavy atom. The first-order valence-corrected chi connectivity index (χ1v) is 9.82. The van der Waals surface area contributed by atoms with E-state index in [1.807, 2.05) is 6.07 Å². The highest BCUT2D eigenvalue weighted by molar-refractivity contribution is 14.0. The van der Waals surface area contributed by atoms with Crippen LogP contribution in [0, 0.1) is 0 Å². The van der Waals surface area contributed by atoms with Gasteiger partial charge >= 0.3 is 6.18 Å². The minimum Gasteiger partial charge on any atom is -0.379 e. The van der Waals surface area contributed by atoms with Crippen molar-refractivity contribution in [3.63, 3.8) is 0 Å². The fourth-order valence-electron chi connectivity index (χ4n) is 2.76. The van der Waals surface area contributed by atoms with Crippen LogP contribution in [0.1, 0.15) is 17.3 Å². The molecule has 0 amide bonds. The molecule has 162 valence electrons. The van der Waals surface area contributed by atoms with Crippen LogP contribution >= 0.6 is 35.3 Å². The van der Waals surface area contributed by atoms with Gasteiger partial charge in [0.05, 0.1) is 19.3 Å². The van der Waals surface area contributed by atoms with Crippen LogP contribution in [0.15, 0.2) is 22.5 Å². The van der Waals surface area contributed by atoms with Crippen molar-refractivity contribution >= 4 is 41.3 Å². The summed E-state index contributed by atoms with van der Waals surface area (Å²) >= 11 is 1.72. The van der Waals surface area contributed by atoms with Crippen molar-refractivity contribution in [3.8, 4) is 0 Å². The molecule has 1 aromatic rings. The summed E-state index contributed by atoms with van der Waals surface area (Å²) in [5, 5.41) is 8.49. The molecule has 1 atom stereocenters. The highest BCUT2D eigenvalue weighted by Gasteiger charge is 2.27. The zero-order chi connectivity index (χ0) is 19.5. The Hall–Kier alpha value is -0.630. The predicted molar refractivity (Wildman–Crippen MR) is 116 cm³/mol. The van der Waals surface area contributed by atoms with Gasteiger partial charge in [-0.1, -0.05) is 6.07 Å². The van der Waals surface area contributed by atoms with Crippen LogP contribution in [0.4, 0.5) is 13.2 Å². The average molecular weight is 536 g/mol. The van der Waals surface area contributed by atoms with Gasteiger partial charge in [0.25, 0.3) is 0 Å². The zero-order valence-corrected chi connectivity index (χ0v) is 19.0. The largest absolute Gasteiger partial charge is 0.411 e. The van der Waals surface area contributed by atoms with E-state index in [1.165, 1.54) is 4.88 Å². The second-order valence-electron chi connectivity index (χ2n) is 6.08. The number of halogens is 4. The molecule has 1 aliphatic heterocycles. The molecule has 0 radical (unpaired) electrons. The first-order valence-electron chi connectivity index (χ1n) is 8.94. The van der Waals surface area contributed by atoms with Crippen LogP contribution in [0.2, 0.25) is 0 Å². The Bertz CT molecular complexity index is 555. The third-order valence-corrected chi connectivity index (χ3v) is 5.04. The van der Waals surface area contributed by atoms with Crippen LogP contribution < -0.4 is 10.6 Å². The minimum atomic E-state index is -4.28. The number of hydrogen-bond donors (Lipinski definition) is 2. The van der Waals surface area contributed by atoms with Crippen molar-refractivity contribution < 1.29 is 22.6 Å². The van der Waals surface area contributed by atoms with E-state index in [0.717, 1.165) is 26.3 Å². The molecule has 0 bridgehead atoms. The monoisotopic (exact) mass is 536 g/mol. The van der Waals surface area contributed by atoms with Gasteiger partial charge in [-0.2, -0.15) is 13.2 Å². The van der Waals surface area contributed by atoms with E-state index in [4.69, 9.17) is 4.74 Å². The third kappa shape index (κ3) is 9.72. The summed E-state index contributed by atoms with van der Waals surface area (Å²) in [7, 11) is 1.67. The number of guanidine groups is 1. The molecule has 1 fully saturated rings. The molecule has 2 rings (SSSR count). The van der Waals surface area contributed by atoms with E-state index in [2.05, 4.69) is 36.7 Å². The maximum atomic E-state index is 12.0. The van der Waals surface area contributed by atoms with E-state index in [9.17, 15) is 13.2 Å². The van der Waals surface area contributed by atoms with Crippen molar-refractivity contribution in [1.82, 2.24) is 15.5 Å². The van der Waals surface area contributed by atoms with Gasteiger partial charge in [-0.3, -0.25) is 9.89 Å².